The van der Waals surface area contributed by atoms with Crippen LogP contribution in [-0.4, -0.2) is 29.3 Å². The van der Waals surface area contributed by atoms with Gasteiger partial charge in [-0.05, 0) is 36.4 Å². The van der Waals surface area contributed by atoms with Crippen LogP contribution in [0.3, 0.4) is 0 Å². The van der Waals surface area contributed by atoms with Gasteiger partial charge in [0.2, 0.25) is 0 Å². The summed E-state index contributed by atoms with van der Waals surface area (Å²) in [5.74, 6) is -1.48. The highest BCUT2D eigenvalue weighted by atomic mass is 32.2. The summed E-state index contributed by atoms with van der Waals surface area (Å²) in [4.78, 5) is -0.390. The predicted molar refractivity (Wildman–Crippen MR) is 88.4 cm³/mol. The number of benzene rings is 2. The van der Waals surface area contributed by atoms with Crippen LogP contribution in [0.4, 0.5) is 8.78 Å². The largest absolute Gasteiger partial charge is 0.224 e. The molecule has 10 heteroatoms. The maximum absolute atomic E-state index is 12.9. The highest BCUT2D eigenvalue weighted by Gasteiger charge is 2.13. The molecule has 0 radical (unpaired) electrons. The van der Waals surface area contributed by atoms with Crippen LogP contribution in [0.2, 0.25) is 0 Å². The SMILES string of the molecule is CS(=O)(=O)c1cc(F)ccc1C#N.CS(=O)(=O)c1ccc(C#N)c(F)c1. The van der Waals surface area contributed by atoms with E-state index in [-0.39, 0.29) is 20.9 Å². The van der Waals surface area contributed by atoms with Crippen LogP contribution in [0, 0.1) is 34.3 Å². The van der Waals surface area contributed by atoms with Gasteiger partial charge in [-0.1, -0.05) is 0 Å². The zero-order chi connectivity index (χ0) is 20.1. The van der Waals surface area contributed by atoms with Gasteiger partial charge in [-0.2, -0.15) is 10.5 Å². The summed E-state index contributed by atoms with van der Waals surface area (Å²) >= 11 is 0. The molecule has 2 aromatic carbocycles. The van der Waals surface area contributed by atoms with Crippen molar-refractivity contribution in [3.8, 4) is 12.1 Å². The Hall–Kier alpha value is -2.82. The fraction of sp³-hybridized carbons (Fsp3) is 0.125. The van der Waals surface area contributed by atoms with Crippen LogP contribution in [0.15, 0.2) is 46.2 Å². The lowest BCUT2D eigenvalue weighted by Gasteiger charge is -1.99. The molecule has 0 atom stereocenters. The lowest BCUT2D eigenvalue weighted by atomic mass is 10.2. The van der Waals surface area contributed by atoms with E-state index in [0.29, 0.717) is 0 Å². The fourth-order valence-electron chi connectivity index (χ4n) is 1.71. The van der Waals surface area contributed by atoms with Gasteiger partial charge in [-0.25, -0.2) is 25.6 Å². The summed E-state index contributed by atoms with van der Waals surface area (Å²) in [5.41, 5.74) is -0.198. The summed E-state index contributed by atoms with van der Waals surface area (Å²) in [6.45, 7) is 0. The predicted octanol–water partition coefficient (Wildman–Crippen LogP) is 2.20. The van der Waals surface area contributed by atoms with Gasteiger partial charge in [0.15, 0.2) is 19.7 Å². The Bertz CT molecular complexity index is 1130. The summed E-state index contributed by atoms with van der Waals surface area (Å²) in [5, 5.41) is 16.9. The number of rotatable bonds is 2. The Morgan fingerprint density at radius 2 is 1.35 bits per heavy atom. The first-order valence-corrected chi connectivity index (χ1v) is 10.5. The van der Waals surface area contributed by atoms with Crippen molar-refractivity contribution in [3.05, 3.63) is 59.2 Å². The minimum absolute atomic E-state index is 0.0381. The van der Waals surface area contributed by atoms with Crippen molar-refractivity contribution in [2.24, 2.45) is 0 Å². The van der Waals surface area contributed by atoms with E-state index in [1.54, 1.807) is 12.1 Å². The third-order valence-corrected chi connectivity index (χ3v) is 5.20. The van der Waals surface area contributed by atoms with Gasteiger partial charge in [0.1, 0.15) is 23.8 Å². The van der Waals surface area contributed by atoms with E-state index in [9.17, 15) is 25.6 Å². The third-order valence-electron chi connectivity index (χ3n) is 2.95. The Kier molecular flexibility index (Phi) is 6.56. The summed E-state index contributed by atoms with van der Waals surface area (Å²) in [7, 11) is -6.93. The number of sulfone groups is 2. The zero-order valence-electron chi connectivity index (χ0n) is 13.6. The van der Waals surface area contributed by atoms with Gasteiger partial charge in [0, 0.05) is 12.5 Å². The second-order valence-corrected chi connectivity index (χ2v) is 9.05. The number of nitriles is 2. The fourth-order valence-corrected chi connectivity index (χ4v) is 3.19. The molecule has 136 valence electrons. The second-order valence-electron chi connectivity index (χ2n) is 5.05. The van der Waals surface area contributed by atoms with Crippen molar-refractivity contribution in [1.29, 1.82) is 10.5 Å². The molecule has 6 nitrogen and oxygen atoms in total. The van der Waals surface area contributed by atoms with Crippen LogP contribution in [0.25, 0.3) is 0 Å². The molecule has 0 aliphatic heterocycles. The maximum atomic E-state index is 12.9. The molecule has 0 saturated heterocycles. The molecule has 0 aromatic heterocycles. The lowest BCUT2D eigenvalue weighted by molar-refractivity contribution is 0.594. The quantitative estimate of drug-likeness (QED) is 0.766. The van der Waals surface area contributed by atoms with E-state index in [0.717, 1.165) is 42.8 Å². The highest BCUT2D eigenvalue weighted by molar-refractivity contribution is 7.91. The Morgan fingerprint density at radius 1 is 0.808 bits per heavy atom. The molecule has 2 aromatic rings. The zero-order valence-corrected chi connectivity index (χ0v) is 15.2. The van der Waals surface area contributed by atoms with E-state index in [1.165, 1.54) is 6.07 Å². The standard InChI is InChI=1S/2C8H6FNO2S/c1-13(11,12)7-3-2-6(5-10)8(9)4-7;1-13(11,12)8-4-7(9)3-2-6(8)5-10/h2*2-4H,1H3. The first-order chi connectivity index (χ1) is 11.9. The summed E-state index contributed by atoms with van der Waals surface area (Å²) < 4.78 is 69.5. The van der Waals surface area contributed by atoms with E-state index in [1.807, 2.05) is 0 Å². The van der Waals surface area contributed by atoms with Gasteiger partial charge in [0.05, 0.1) is 20.9 Å². The molecule has 0 bridgehead atoms. The van der Waals surface area contributed by atoms with Crippen molar-refractivity contribution >= 4 is 19.7 Å². The van der Waals surface area contributed by atoms with Gasteiger partial charge in [-0.3, -0.25) is 0 Å². The number of hydrogen-bond acceptors (Lipinski definition) is 6. The molecule has 0 amide bonds. The third kappa shape index (κ3) is 5.62. The van der Waals surface area contributed by atoms with Gasteiger partial charge >= 0.3 is 0 Å². The van der Waals surface area contributed by atoms with Crippen molar-refractivity contribution in [3.63, 3.8) is 0 Å². The first-order valence-electron chi connectivity index (χ1n) is 6.69. The smallest absolute Gasteiger partial charge is 0.176 e. The molecule has 26 heavy (non-hydrogen) atoms. The van der Waals surface area contributed by atoms with Crippen LogP contribution in [-0.2, 0) is 19.7 Å². The van der Waals surface area contributed by atoms with Gasteiger partial charge < -0.3 is 0 Å². The minimum Gasteiger partial charge on any atom is -0.224 e. The Balaban J connectivity index is 0.000000260. The molecule has 0 saturated carbocycles. The van der Waals surface area contributed by atoms with Crippen molar-refractivity contribution in [2.75, 3.05) is 12.5 Å². The summed E-state index contributed by atoms with van der Waals surface area (Å²) in [6, 6.07) is 9.51. The van der Waals surface area contributed by atoms with Crippen molar-refractivity contribution in [2.45, 2.75) is 9.79 Å². The van der Waals surface area contributed by atoms with Crippen LogP contribution >= 0.6 is 0 Å². The van der Waals surface area contributed by atoms with E-state index < -0.39 is 31.3 Å². The minimum atomic E-state index is -3.53. The van der Waals surface area contributed by atoms with E-state index >= 15 is 0 Å². The molecule has 0 fully saturated rings. The molecule has 0 spiro atoms. The topological polar surface area (TPSA) is 116 Å². The Morgan fingerprint density at radius 3 is 1.77 bits per heavy atom. The van der Waals surface area contributed by atoms with Crippen LogP contribution in [0.5, 0.6) is 0 Å². The van der Waals surface area contributed by atoms with E-state index in [2.05, 4.69) is 0 Å². The van der Waals surface area contributed by atoms with Crippen molar-refractivity contribution < 1.29 is 25.6 Å². The number of halogens is 2. The lowest BCUT2D eigenvalue weighted by Crippen LogP contribution is -2.00. The number of hydrogen-bond donors (Lipinski definition) is 0. The number of nitrogens with zero attached hydrogens (tertiary/aromatic N) is 2. The second kappa shape index (κ2) is 8.04. The first kappa shape index (κ1) is 21.2. The normalized spacial score (nSPS) is 10.8. The van der Waals surface area contributed by atoms with E-state index in [4.69, 9.17) is 10.5 Å². The van der Waals surface area contributed by atoms with Crippen LogP contribution < -0.4 is 0 Å². The Labute approximate surface area is 149 Å². The average molecular weight is 398 g/mol. The molecule has 0 aliphatic carbocycles. The van der Waals surface area contributed by atoms with Crippen LogP contribution in [0.1, 0.15) is 11.1 Å². The molecule has 0 unspecified atom stereocenters. The highest BCUT2D eigenvalue weighted by Crippen LogP contribution is 2.16. The summed E-state index contributed by atoms with van der Waals surface area (Å²) in [6.07, 6.45) is 1.91. The molecule has 0 N–H and O–H groups in total. The molecule has 0 aliphatic rings. The van der Waals surface area contributed by atoms with Gasteiger partial charge in [-0.15, -0.1) is 0 Å². The van der Waals surface area contributed by atoms with Crippen molar-refractivity contribution in [1.82, 2.24) is 0 Å². The molecular weight excluding hydrogens is 386 g/mol. The van der Waals surface area contributed by atoms with Gasteiger partial charge in [0.25, 0.3) is 0 Å². The molecule has 2 rings (SSSR count). The molecule has 0 heterocycles. The molecular formula is C16H12F2N2O4S2. The monoisotopic (exact) mass is 398 g/mol. The average Bonchev–Trinajstić information content (AvgIpc) is 2.53. The maximum Gasteiger partial charge on any atom is 0.176 e.